The summed E-state index contributed by atoms with van der Waals surface area (Å²) in [5.41, 5.74) is 0. The molecule has 0 radical (unpaired) electrons. The molecule has 1 aromatic carbocycles. The van der Waals surface area contributed by atoms with E-state index in [0.717, 1.165) is 37.1 Å². The topological polar surface area (TPSA) is 48.5 Å². The molecule has 5 nitrogen and oxygen atoms in total. The van der Waals surface area contributed by atoms with E-state index in [1.54, 1.807) is 23.1 Å². The molecule has 128 valence electrons. The van der Waals surface area contributed by atoms with Crippen LogP contribution in [0, 0.1) is 0 Å². The van der Waals surface area contributed by atoms with Crippen molar-refractivity contribution in [3.63, 3.8) is 0 Å². The summed E-state index contributed by atoms with van der Waals surface area (Å²) >= 11 is 3.44. The number of benzene rings is 1. The minimum absolute atomic E-state index is 0.117. The van der Waals surface area contributed by atoms with Crippen LogP contribution in [0.1, 0.15) is 0 Å². The normalized spacial score (nSPS) is 15.4. The van der Waals surface area contributed by atoms with Crippen molar-refractivity contribution >= 4 is 34.1 Å². The Balaban J connectivity index is 1.30. The van der Waals surface area contributed by atoms with E-state index < -0.39 is 0 Å². The molecule has 1 N–H and O–H groups in total. The van der Waals surface area contributed by atoms with E-state index in [-0.39, 0.29) is 5.91 Å². The average molecular weight is 363 g/mol. The van der Waals surface area contributed by atoms with Gasteiger partial charge in [0, 0.05) is 54.9 Å². The lowest BCUT2D eigenvalue weighted by atomic mass is 10.3. The Hall–Kier alpha value is -1.57. The lowest BCUT2D eigenvalue weighted by Crippen LogP contribution is -2.49. The zero-order chi connectivity index (χ0) is 16.6. The number of aromatic nitrogens is 1. The molecule has 24 heavy (non-hydrogen) atoms. The summed E-state index contributed by atoms with van der Waals surface area (Å²) in [6.45, 7) is 4.88. The highest BCUT2D eigenvalue weighted by Crippen LogP contribution is 2.18. The number of anilines is 1. The number of nitrogens with one attached hydrogen (secondary N) is 1. The van der Waals surface area contributed by atoms with Gasteiger partial charge in [-0.05, 0) is 12.1 Å². The number of nitrogens with zero attached hydrogens (tertiary/aromatic N) is 3. The summed E-state index contributed by atoms with van der Waals surface area (Å²) in [6.07, 6.45) is 1.84. The first kappa shape index (κ1) is 17.3. The number of piperazine rings is 1. The van der Waals surface area contributed by atoms with Gasteiger partial charge >= 0.3 is 0 Å². The fraction of sp³-hybridized carbons (Fsp3) is 0.412. The van der Waals surface area contributed by atoms with Crippen molar-refractivity contribution < 1.29 is 4.79 Å². The van der Waals surface area contributed by atoms with Gasteiger partial charge in [0.1, 0.15) is 0 Å². The molecular weight excluding hydrogens is 340 g/mol. The Morgan fingerprint density at radius 1 is 1.21 bits per heavy atom. The van der Waals surface area contributed by atoms with Crippen molar-refractivity contribution in [1.82, 2.24) is 15.2 Å². The molecule has 2 heterocycles. The highest BCUT2D eigenvalue weighted by Gasteiger charge is 2.20. The van der Waals surface area contributed by atoms with Crippen molar-refractivity contribution in [2.45, 2.75) is 4.90 Å². The van der Waals surface area contributed by atoms with Gasteiger partial charge in [-0.25, -0.2) is 4.98 Å². The van der Waals surface area contributed by atoms with E-state index in [1.165, 1.54) is 4.90 Å². The van der Waals surface area contributed by atoms with Gasteiger partial charge in [0.15, 0.2) is 5.13 Å². The average Bonchev–Trinajstić information content (AvgIpc) is 3.15. The lowest BCUT2D eigenvalue weighted by molar-refractivity contribution is -0.122. The summed E-state index contributed by atoms with van der Waals surface area (Å²) in [7, 11) is 0. The first-order chi connectivity index (χ1) is 11.8. The Bertz CT molecular complexity index is 613. The largest absolute Gasteiger partial charge is 0.354 e. The Kier molecular flexibility index (Phi) is 6.51. The fourth-order valence-corrected chi connectivity index (χ4v) is 4.09. The first-order valence-corrected chi connectivity index (χ1v) is 9.99. The van der Waals surface area contributed by atoms with E-state index in [4.69, 9.17) is 0 Å². The number of amides is 1. The first-order valence-electron chi connectivity index (χ1n) is 8.12. The summed E-state index contributed by atoms with van der Waals surface area (Å²) < 4.78 is 0. The molecule has 3 rings (SSSR count). The van der Waals surface area contributed by atoms with Gasteiger partial charge in [-0.2, -0.15) is 0 Å². The molecule has 1 amide bonds. The van der Waals surface area contributed by atoms with Crippen LogP contribution in [0.5, 0.6) is 0 Å². The van der Waals surface area contributed by atoms with Gasteiger partial charge in [-0.15, -0.1) is 23.1 Å². The predicted molar refractivity (Wildman–Crippen MR) is 101 cm³/mol. The molecule has 1 fully saturated rings. The predicted octanol–water partition coefficient (Wildman–Crippen LogP) is 2.17. The van der Waals surface area contributed by atoms with Crippen LogP contribution in [-0.4, -0.2) is 60.8 Å². The monoisotopic (exact) mass is 362 g/mol. The molecule has 0 saturated carbocycles. The second-order valence-corrected chi connectivity index (χ2v) is 7.63. The Labute approximate surface area is 151 Å². The molecule has 1 aromatic heterocycles. The SMILES string of the molecule is O=C(CN1CCN(c2nccs2)CC1)NCCSc1ccccc1. The van der Waals surface area contributed by atoms with E-state index >= 15 is 0 Å². The third-order valence-corrected chi connectivity index (χ3v) is 5.71. The number of hydrogen-bond donors (Lipinski definition) is 1. The van der Waals surface area contributed by atoms with Gasteiger partial charge in [0.2, 0.25) is 5.91 Å². The smallest absolute Gasteiger partial charge is 0.234 e. The van der Waals surface area contributed by atoms with Crippen molar-refractivity contribution in [2.24, 2.45) is 0 Å². The number of thioether (sulfide) groups is 1. The second-order valence-electron chi connectivity index (χ2n) is 5.59. The molecule has 2 aromatic rings. The summed E-state index contributed by atoms with van der Waals surface area (Å²) in [4.78, 5) is 22.1. The van der Waals surface area contributed by atoms with E-state index in [9.17, 15) is 4.79 Å². The van der Waals surface area contributed by atoms with Gasteiger partial charge < -0.3 is 10.2 Å². The maximum Gasteiger partial charge on any atom is 0.234 e. The van der Waals surface area contributed by atoms with Crippen LogP contribution in [0.25, 0.3) is 0 Å². The van der Waals surface area contributed by atoms with Gasteiger partial charge in [-0.1, -0.05) is 18.2 Å². The van der Waals surface area contributed by atoms with Crippen molar-refractivity contribution in [3.05, 3.63) is 41.9 Å². The number of rotatable bonds is 7. The summed E-state index contributed by atoms with van der Waals surface area (Å²) in [6, 6.07) is 10.3. The van der Waals surface area contributed by atoms with Crippen LogP contribution in [-0.2, 0) is 4.79 Å². The lowest BCUT2D eigenvalue weighted by Gasteiger charge is -2.34. The molecule has 0 spiro atoms. The quantitative estimate of drug-likeness (QED) is 0.604. The molecule has 0 unspecified atom stereocenters. The summed E-state index contributed by atoms with van der Waals surface area (Å²) in [5, 5.41) is 6.10. The van der Waals surface area contributed by atoms with Crippen LogP contribution in [0.4, 0.5) is 5.13 Å². The van der Waals surface area contributed by atoms with Gasteiger partial charge in [0.25, 0.3) is 0 Å². The highest BCUT2D eigenvalue weighted by molar-refractivity contribution is 7.99. The minimum atomic E-state index is 0.117. The van der Waals surface area contributed by atoms with Crippen molar-refractivity contribution in [1.29, 1.82) is 0 Å². The number of carbonyl (C=O) groups excluding carboxylic acids is 1. The van der Waals surface area contributed by atoms with Crippen LogP contribution >= 0.6 is 23.1 Å². The molecule has 0 bridgehead atoms. The molecule has 1 saturated heterocycles. The fourth-order valence-electron chi connectivity index (χ4n) is 2.60. The summed E-state index contributed by atoms with van der Waals surface area (Å²) in [5.74, 6) is 1.01. The number of hydrogen-bond acceptors (Lipinski definition) is 6. The van der Waals surface area contributed by atoms with Gasteiger partial charge in [-0.3, -0.25) is 9.69 Å². The molecule has 7 heteroatoms. The Morgan fingerprint density at radius 3 is 2.71 bits per heavy atom. The third-order valence-electron chi connectivity index (χ3n) is 3.87. The third kappa shape index (κ3) is 5.22. The molecule has 0 aliphatic carbocycles. The maximum absolute atomic E-state index is 12.0. The van der Waals surface area contributed by atoms with Crippen LogP contribution in [0.15, 0.2) is 46.8 Å². The molecule has 0 atom stereocenters. The second kappa shape index (κ2) is 9.05. The standard InChI is InChI=1S/C17H22N4OS2/c22-16(18-6-12-23-15-4-2-1-3-5-15)14-20-8-10-21(11-9-20)17-19-7-13-24-17/h1-5,7,13H,6,8-12,14H2,(H,18,22). The van der Waals surface area contributed by atoms with E-state index in [1.807, 2.05) is 29.8 Å². The van der Waals surface area contributed by atoms with Crippen molar-refractivity contribution in [2.75, 3.05) is 49.9 Å². The maximum atomic E-state index is 12.0. The van der Waals surface area contributed by atoms with Crippen LogP contribution in [0.3, 0.4) is 0 Å². The van der Waals surface area contributed by atoms with Gasteiger partial charge in [0.05, 0.1) is 6.54 Å². The molecule has 1 aliphatic heterocycles. The number of carbonyl (C=O) groups is 1. The zero-order valence-electron chi connectivity index (χ0n) is 13.6. The Morgan fingerprint density at radius 2 is 2.00 bits per heavy atom. The zero-order valence-corrected chi connectivity index (χ0v) is 15.2. The number of thiazole rings is 1. The molecular formula is C17H22N4OS2. The van der Waals surface area contributed by atoms with Crippen molar-refractivity contribution in [3.8, 4) is 0 Å². The molecule has 1 aliphatic rings. The highest BCUT2D eigenvalue weighted by atomic mass is 32.2. The van der Waals surface area contributed by atoms with E-state index in [2.05, 4.69) is 32.2 Å². The van der Waals surface area contributed by atoms with Crippen LogP contribution in [0.2, 0.25) is 0 Å². The minimum Gasteiger partial charge on any atom is -0.354 e. The van der Waals surface area contributed by atoms with Crippen LogP contribution < -0.4 is 10.2 Å². The van der Waals surface area contributed by atoms with E-state index in [0.29, 0.717) is 13.1 Å².